The third-order valence-corrected chi connectivity index (χ3v) is 6.34. The van der Waals surface area contributed by atoms with Gasteiger partial charge in [0.25, 0.3) is 0 Å². The number of hydrogen-bond donors (Lipinski definition) is 1. The number of thioether (sulfide) groups is 1. The van der Waals surface area contributed by atoms with Crippen molar-refractivity contribution in [1.29, 1.82) is 5.26 Å². The van der Waals surface area contributed by atoms with E-state index in [2.05, 4.69) is 11.1 Å². The number of imide groups is 1. The van der Waals surface area contributed by atoms with Crippen LogP contribution in [0.3, 0.4) is 0 Å². The Balaban J connectivity index is 1.58. The predicted molar refractivity (Wildman–Crippen MR) is 107 cm³/mol. The van der Waals surface area contributed by atoms with E-state index in [0.717, 1.165) is 41.8 Å². The lowest BCUT2D eigenvalue weighted by Crippen LogP contribution is -2.31. The fourth-order valence-electron chi connectivity index (χ4n) is 3.66. The average Bonchev–Trinajstić information content (AvgIpc) is 3.00. The molecule has 29 heavy (non-hydrogen) atoms. The summed E-state index contributed by atoms with van der Waals surface area (Å²) >= 11 is 1.17. The molecule has 0 spiro atoms. The van der Waals surface area contributed by atoms with Crippen molar-refractivity contribution >= 4 is 35.2 Å². The highest BCUT2D eigenvalue weighted by molar-refractivity contribution is 8.00. The van der Waals surface area contributed by atoms with Crippen molar-refractivity contribution in [2.75, 3.05) is 4.90 Å². The van der Waals surface area contributed by atoms with Crippen molar-refractivity contribution < 1.29 is 14.4 Å². The normalized spacial score (nSPS) is 18.4. The first kappa shape index (κ1) is 19.2. The van der Waals surface area contributed by atoms with Gasteiger partial charge in [-0.3, -0.25) is 14.4 Å². The van der Waals surface area contributed by atoms with Crippen LogP contribution in [0.15, 0.2) is 35.4 Å². The van der Waals surface area contributed by atoms with Crippen molar-refractivity contribution in [3.63, 3.8) is 0 Å². The number of aryl methyl sites for hydroxylation is 2. The summed E-state index contributed by atoms with van der Waals surface area (Å²) < 4.78 is 0. The van der Waals surface area contributed by atoms with E-state index in [-0.39, 0.29) is 18.2 Å². The number of nitrogens with zero attached hydrogens (tertiary/aromatic N) is 3. The Morgan fingerprint density at radius 3 is 2.62 bits per heavy atom. The lowest BCUT2D eigenvalue weighted by Gasteiger charge is -2.18. The summed E-state index contributed by atoms with van der Waals surface area (Å²) in [5, 5.41) is 9.37. The minimum atomic E-state index is -0.639. The second-order valence-corrected chi connectivity index (χ2v) is 8.25. The Morgan fingerprint density at radius 2 is 1.93 bits per heavy atom. The van der Waals surface area contributed by atoms with Gasteiger partial charge in [-0.05, 0) is 61.6 Å². The summed E-state index contributed by atoms with van der Waals surface area (Å²) in [6, 6.07) is 10.1. The Hall–Kier alpha value is -3.18. The van der Waals surface area contributed by atoms with E-state index < -0.39 is 11.2 Å². The lowest BCUT2D eigenvalue weighted by atomic mass is 9.95. The number of anilines is 1. The number of carbonyl (C=O) groups is 3. The Labute approximate surface area is 171 Å². The van der Waals surface area contributed by atoms with Gasteiger partial charge >= 0.3 is 0 Å². The number of hydrogen-bond acceptors (Lipinski definition) is 6. The summed E-state index contributed by atoms with van der Waals surface area (Å²) in [4.78, 5) is 42.4. The predicted octanol–water partition coefficient (Wildman–Crippen LogP) is 2.36. The van der Waals surface area contributed by atoms with Gasteiger partial charge < -0.3 is 5.73 Å². The lowest BCUT2D eigenvalue weighted by molar-refractivity contribution is -0.121. The second kappa shape index (κ2) is 7.68. The quantitative estimate of drug-likeness (QED) is 0.779. The van der Waals surface area contributed by atoms with Crippen LogP contribution in [0.4, 0.5) is 5.69 Å². The Morgan fingerprint density at radius 1 is 1.21 bits per heavy atom. The van der Waals surface area contributed by atoms with Gasteiger partial charge in [0.1, 0.15) is 11.1 Å². The number of carbonyl (C=O) groups excluding carboxylic acids is 3. The van der Waals surface area contributed by atoms with Crippen LogP contribution in [0, 0.1) is 11.3 Å². The number of pyridine rings is 1. The first-order chi connectivity index (χ1) is 14.0. The first-order valence-electron chi connectivity index (χ1n) is 9.34. The molecule has 0 saturated carbocycles. The molecule has 0 bridgehead atoms. The maximum absolute atomic E-state index is 12.9. The van der Waals surface area contributed by atoms with E-state index in [1.54, 1.807) is 0 Å². The number of rotatable bonds is 4. The van der Waals surface area contributed by atoms with Gasteiger partial charge in [-0.15, -0.1) is 0 Å². The van der Waals surface area contributed by atoms with Crippen LogP contribution >= 0.6 is 11.8 Å². The van der Waals surface area contributed by atoms with Gasteiger partial charge in [0, 0.05) is 17.7 Å². The highest BCUT2D eigenvalue weighted by Gasteiger charge is 2.41. The maximum Gasteiger partial charge on any atom is 0.248 e. The van der Waals surface area contributed by atoms with Crippen molar-refractivity contribution in [1.82, 2.24) is 4.98 Å². The molecule has 0 radical (unpaired) electrons. The van der Waals surface area contributed by atoms with Gasteiger partial charge in [-0.25, -0.2) is 9.88 Å². The SMILES string of the molecule is N#Cc1cc2c(nc1SC1CC(=O)N(c3ccc(C(N)=O)cc3)C1=O)CCCC2. The molecule has 4 rings (SSSR count). The van der Waals surface area contributed by atoms with Crippen LogP contribution in [0.2, 0.25) is 0 Å². The van der Waals surface area contributed by atoms with E-state index in [1.165, 1.54) is 36.0 Å². The number of nitrogens with two attached hydrogens (primary N) is 1. The van der Waals surface area contributed by atoms with Crippen LogP contribution in [-0.2, 0) is 22.4 Å². The maximum atomic E-state index is 12.9. The Bertz CT molecular complexity index is 1060. The van der Waals surface area contributed by atoms with Gasteiger partial charge in [0.15, 0.2) is 0 Å². The minimum absolute atomic E-state index is 0.0324. The van der Waals surface area contributed by atoms with E-state index in [4.69, 9.17) is 5.73 Å². The zero-order valence-corrected chi connectivity index (χ0v) is 16.4. The molecular formula is C21H18N4O3S. The highest BCUT2D eigenvalue weighted by Crippen LogP contribution is 2.36. The first-order valence-corrected chi connectivity index (χ1v) is 10.2. The van der Waals surface area contributed by atoms with E-state index >= 15 is 0 Å². The molecular weight excluding hydrogens is 388 g/mol. The molecule has 8 heteroatoms. The average molecular weight is 406 g/mol. The zero-order valence-electron chi connectivity index (χ0n) is 15.6. The molecule has 2 aromatic rings. The molecule has 3 amide bonds. The topological polar surface area (TPSA) is 117 Å². The molecule has 2 N–H and O–H groups in total. The monoisotopic (exact) mass is 406 g/mol. The molecule has 1 saturated heterocycles. The van der Waals surface area contributed by atoms with Gasteiger partial charge in [0.2, 0.25) is 17.7 Å². The molecule has 146 valence electrons. The number of benzene rings is 1. The standard InChI is InChI=1S/C21H18N4O3S/c22-11-14-9-13-3-1-2-4-16(13)24-20(14)29-17-10-18(26)25(21(17)28)15-7-5-12(6-8-15)19(23)27/h5-9,17H,1-4,10H2,(H2,23,27). The minimum Gasteiger partial charge on any atom is -0.366 e. The van der Waals surface area contributed by atoms with Crippen LogP contribution in [0.25, 0.3) is 0 Å². The summed E-state index contributed by atoms with van der Waals surface area (Å²) in [6.45, 7) is 0. The molecule has 2 heterocycles. The van der Waals surface area contributed by atoms with Crippen LogP contribution in [-0.4, -0.2) is 28.0 Å². The number of aromatic nitrogens is 1. The molecule has 1 aromatic carbocycles. The summed E-state index contributed by atoms with van der Waals surface area (Å²) in [7, 11) is 0. The second-order valence-electron chi connectivity index (χ2n) is 7.05. The summed E-state index contributed by atoms with van der Waals surface area (Å²) in [6.07, 6.45) is 3.96. The molecule has 7 nitrogen and oxygen atoms in total. The van der Waals surface area contributed by atoms with E-state index in [0.29, 0.717) is 21.8 Å². The number of amides is 3. The number of fused-ring (bicyclic) bond motifs is 1. The van der Waals surface area contributed by atoms with Crippen molar-refractivity contribution in [3.05, 3.63) is 52.7 Å². The van der Waals surface area contributed by atoms with Crippen LogP contribution in [0.5, 0.6) is 0 Å². The van der Waals surface area contributed by atoms with Gasteiger partial charge in [0.05, 0.1) is 16.5 Å². The zero-order chi connectivity index (χ0) is 20.5. The fraction of sp³-hybridized carbons (Fsp3) is 0.286. The molecule has 1 aliphatic carbocycles. The largest absolute Gasteiger partial charge is 0.366 e. The van der Waals surface area contributed by atoms with Gasteiger partial charge in [-0.2, -0.15) is 5.26 Å². The van der Waals surface area contributed by atoms with E-state index in [1.807, 2.05) is 6.07 Å². The molecule has 1 aliphatic heterocycles. The molecule has 1 unspecified atom stereocenters. The molecule has 1 aromatic heterocycles. The summed E-state index contributed by atoms with van der Waals surface area (Å²) in [5.74, 6) is -1.25. The molecule has 2 aliphatic rings. The fourth-order valence-corrected chi connectivity index (χ4v) is 4.76. The van der Waals surface area contributed by atoms with Crippen LogP contribution in [0.1, 0.15) is 46.4 Å². The van der Waals surface area contributed by atoms with Crippen molar-refractivity contribution in [3.8, 4) is 6.07 Å². The van der Waals surface area contributed by atoms with Crippen molar-refractivity contribution in [2.45, 2.75) is 42.4 Å². The third kappa shape index (κ3) is 3.61. The van der Waals surface area contributed by atoms with Crippen LogP contribution < -0.4 is 10.6 Å². The number of primary amides is 1. The molecule has 1 fully saturated rings. The highest BCUT2D eigenvalue weighted by atomic mass is 32.2. The summed E-state index contributed by atoms with van der Waals surface area (Å²) in [5.41, 5.74) is 8.45. The van der Waals surface area contributed by atoms with Crippen molar-refractivity contribution in [2.24, 2.45) is 5.73 Å². The van der Waals surface area contributed by atoms with Gasteiger partial charge in [-0.1, -0.05) is 11.8 Å². The molecule has 1 atom stereocenters. The number of nitriles is 1. The smallest absolute Gasteiger partial charge is 0.248 e. The Kier molecular flexibility index (Phi) is 5.07. The third-order valence-electron chi connectivity index (χ3n) is 5.16. The van der Waals surface area contributed by atoms with E-state index in [9.17, 15) is 19.6 Å².